The van der Waals surface area contributed by atoms with Crippen LogP contribution in [0.4, 0.5) is 0 Å². The van der Waals surface area contributed by atoms with Crippen molar-refractivity contribution < 1.29 is 4.74 Å². The third kappa shape index (κ3) is 5.75. The van der Waals surface area contributed by atoms with Crippen LogP contribution in [0.5, 0.6) is 5.75 Å². The SMILES string of the molecule is CN=C(NCC(c1cccc(OC)c1)N(C)C)N(C)CCc1cccs1. The van der Waals surface area contributed by atoms with Crippen LogP contribution in [-0.2, 0) is 6.42 Å². The summed E-state index contributed by atoms with van der Waals surface area (Å²) in [5, 5.41) is 5.64. The van der Waals surface area contributed by atoms with Crippen molar-refractivity contribution in [3.63, 3.8) is 0 Å². The van der Waals surface area contributed by atoms with Crippen LogP contribution in [0.2, 0.25) is 0 Å². The first kappa shape index (κ1) is 20.3. The predicted molar refractivity (Wildman–Crippen MR) is 111 cm³/mol. The Hall–Kier alpha value is -2.05. The van der Waals surface area contributed by atoms with E-state index in [0.717, 1.165) is 31.2 Å². The van der Waals surface area contributed by atoms with Crippen molar-refractivity contribution >= 4 is 17.3 Å². The second-order valence-corrected chi connectivity index (χ2v) is 7.47. The van der Waals surface area contributed by atoms with Crippen LogP contribution in [0.3, 0.4) is 0 Å². The molecule has 0 fully saturated rings. The normalized spacial score (nSPS) is 12.9. The minimum Gasteiger partial charge on any atom is -0.497 e. The molecule has 0 saturated heterocycles. The lowest BCUT2D eigenvalue weighted by molar-refractivity contribution is 0.294. The lowest BCUT2D eigenvalue weighted by Gasteiger charge is -2.28. The molecule has 1 atom stereocenters. The van der Waals surface area contributed by atoms with Crippen molar-refractivity contribution in [1.29, 1.82) is 0 Å². The predicted octanol–water partition coefficient (Wildman–Crippen LogP) is 3.11. The summed E-state index contributed by atoms with van der Waals surface area (Å²) < 4.78 is 5.37. The number of hydrogen-bond acceptors (Lipinski definition) is 4. The molecule has 1 aromatic carbocycles. The monoisotopic (exact) mass is 374 g/mol. The van der Waals surface area contributed by atoms with Gasteiger partial charge in [0.2, 0.25) is 0 Å². The van der Waals surface area contributed by atoms with Crippen molar-refractivity contribution in [1.82, 2.24) is 15.1 Å². The largest absolute Gasteiger partial charge is 0.497 e. The smallest absolute Gasteiger partial charge is 0.193 e. The van der Waals surface area contributed by atoms with Crippen LogP contribution in [0.15, 0.2) is 46.8 Å². The molecule has 0 bridgehead atoms. The fraction of sp³-hybridized carbons (Fsp3) is 0.450. The number of methoxy groups -OCH3 is 1. The number of nitrogens with one attached hydrogen (secondary N) is 1. The minimum absolute atomic E-state index is 0.229. The molecule has 0 spiro atoms. The Labute approximate surface area is 161 Å². The zero-order chi connectivity index (χ0) is 18.9. The summed E-state index contributed by atoms with van der Waals surface area (Å²) in [6.07, 6.45) is 1.03. The maximum Gasteiger partial charge on any atom is 0.193 e. The maximum atomic E-state index is 5.37. The van der Waals surface area contributed by atoms with E-state index in [-0.39, 0.29) is 6.04 Å². The van der Waals surface area contributed by atoms with Crippen LogP contribution in [-0.4, -0.2) is 64.1 Å². The molecule has 1 heterocycles. The Bertz CT molecular complexity index is 685. The van der Waals surface area contributed by atoms with Gasteiger partial charge >= 0.3 is 0 Å². The highest BCUT2D eigenvalue weighted by Crippen LogP contribution is 2.22. The third-order valence-corrected chi connectivity index (χ3v) is 5.34. The molecule has 0 saturated carbocycles. The summed E-state index contributed by atoms with van der Waals surface area (Å²) in [5.41, 5.74) is 1.22. The van der Waals surface area contributed by atoms with Crippen LogP contribution in [0.1, 0.15) is 16.5 Å². The highest BCUT2D eigenvalue weighted by molar-refractivity contribution is 7.09. The van der Waals surface area contributed by atoms with E-state index in [9.17, 15) is 0 Å². The number of thiophene rings is 1. The van der Waals surface area contributed by atoms with Gasteiger partial charge in [0.15, 0.2) is 5.96 Å². The molecule has 0 amide bonds. The average molecular weight is 375 g/mol. The lowest BCUT2D eigenvalue weighted by Crippen LogP contribution is -2.43. The fourth-order valence-corrected chi connectivity index (χ4v) is 3.56. The summed E-state index contributed by atoms with van der Waals surface area (Å²) in [5.74, 6) is 1.79. The van der Waals surface area contributed by atoms with Crippen LogP contribution >= 0.6 is 11.3 Å². The second kappa shape index (κ2) is 10.2. The number of hydrogen-bond donors (Lipinski definition) is 1. The van der Waals surface area contributed by atoms with Gasteiger partial charge in [-0.05, 0) is 49.7 Å². The van der Waals surface area contributed by atoms with E-state index in [1.807, 2.05) is 19.2 Å². The number of likely N-dealkylation sites (N-methyl/N-ethyl adjacent to an activating group) is 2. The molecule has 0 aliphatic rings. The maximum absolute atomic E-state index is 5.37. The summed E-state index contributed by atoms with van der Waals surface area (Å²) >= 11 is 1.80. The average Bonchev–Trinajstić information content (AvgIpc) is 3.16. The molecule has 0 radical (unpaired) electrons. The Balaban J connectivity index is 1.97. The Morgan fingerprint density at radius 1 is 1.23 bits per heavy atom. The van der Waals surface area contributed by atoms with Crippen LogP contribution in [0, 0.1) is 0 Å². The van der Waals surface area contributed by atoms with E-state index in [1.165, 1.54) is 10.4 Å². The standard InChI is InChI=1S/C20H30N4OS/c1-21-20(24(4)12-11-18-10-7-13-26-18)22-15-19(23(2)3)16-8-6-9-17(14-16)25-5/h6-10,13-14,19H,11-12,15H2,1-5H3,(H,21,22). The van der Waals surface area contributed by atoms with Gasteiger partial charge < -0.3 is 19.9 Å². The molecule has 142 valence electrons. The number of rotatable bonds is 8. The number of benzene rings is 1. The van der Waals surface area contributed by atoms with Crippen molar-refractivity contribution in [2.45, 2.75) is 12.5 Å². The van der Waals surface area contributed by atoms with Crippen LogP contribution < -0.4 is 10.1 Å². The van der Waals surface area contributed by atoms with Gasteiger partial charge in [0, 0.05) is 32.1 Å². The van der Waals surface area contributed by atoms with Gasteiger partial charge in [-0.3, -0.25) is 4.99 Å². The second-order valence-electron chi connectivity index (χ2n) is 6.44. The fourth-order valence-electron chi connectivity index (χ4n) is 2.86. The number of aliphatic imine (C=N–C) groups is 1. The lowest BCUT2D eigenvalue weighted by atomic mass is 10.1. The highest BCUT2D eigenvalue weighted by atomic mass is 32.1. The summed E-state index contributed by atoms with van der Waals surface area (Å²) in [6.45, 7) is 1.71. The summed E-state index contributed by atoms with van der Waals surface area (Å²) in [7, 11) is 9.80. The Kier molecular flexibility index (Phi) is 7.94. The zero-order valence-electron chi connectivity index (χ0n) is 16.4. The van der Waals surface area contributed by atoms with E-state index < -0.39 is 0 Å². The Morgan fingerprint density at radius 3 is 2.65 bits per heavy atom. The molecule has 1 unspecified atom stereocenters. The van der Waals surface area contributed by atoms with Crippen molar-refractivity contribution in [3.8, 4) is 5.75 Å². The molecule has 0 aliphatic heterocycles. The van der Waals surface area contributed by atoms with E-state index in [0.29, 0.717) is 0 Å². The number of ether oxygens (including phenoxy) is 1. The zero-order valence-corrected chi connectivity index (χ0v) is 17.2. The van der Waals surface area contributed by atoms with Gasteiger partial charge in [0.25, 0.3) is 0 Å². The van der Waals surface area contributed by atoms with Gasteiger partial charge in [0.1, 0.15) is 5.75 Å². The highest BCUT2D eigenvalue weighted by Gasteiger charge is 2.16. The van der Waals surface area contributed by atoms with Crippen molar-refractivity contribution in [2.24, 2.45) is 4.99 Å². The topological polar surface area (TPSA) is 40.1 Å². The van der Waals surface area contributed by atoms with Gasteiger partial charge in [0.05, 0.1) is 13.2 Å². The molecule has 0 aliphatic carbocycles. The molecule has 1 N–H and O–H groups in total. The number of guanidine groups is 1. The molecule has 26 heavy (non-hydrogen) atoms. The Morgan fingerprint density at radius 2 is 2.04 bits per heavy atom. The van der Waals surface area contributed by atoms with E-state index in [2.05, 4.69) is 70.9 Å². The first-order chi connectivity index (χ1) is 12.5. The molecule has 1 aromatic heterocycles. The van der Waals surface area contributed by atoms with E-state index >= 15 is 0 Å². The van der Waals surface area contributed by atoms with Crippen molar-refractivity contribution in [2.75, 3.05) is 48.4 Å². The minimum atomic E-state index is 0.229. The molecule has 2 aromatic rings. The van der Waals surface area contributed by atoms with E-state index in [1.54, 1.807) is 18.4 Å². The van der Waals surface area contributed by atoms with Gasteiger partial charge in [-0.1, -0.05) is 18.2 Å². The van der Waals surface area contributed by atoms with Crippen LogP contribution in [0.25, 0.3) is 0 Å². The third-order valence-electron chi connectivity index (χ3n) is 4.40. The number of nitrogens with zero attached hydrogens (tertiary/aromatic N) is 3. The first-order valence-corrected chi connectivity index (χ1v) is 9.67. The first-order valence-electron chi connectivity index (χ1n) is 8.79. The molecular formula is C20H30N4OS. The molecular weight excluding hydrogens is 344 g/mol. The molecule has 2 rings (SSSR count). The summed E-state index contributed by atoms with van der Waals surface area (Å²) in [6, 6.07) is 12.7. The van der Waals surface area contributed by atoms with Gasteiger partial charge in [-0.25, -0.2) is 0 Å². The summed E-state index contributed by atoms with van der Waals surface area (Å²) in [4.78, 5) is 10.2. The quantitative estimate of drug-likeness (QED) is 0.569. The van der Waals surface area contributed by atoms with E-state index in [4.69, 9.17) is 4.74 Å². The molecule has 5 nitrogen and oxygen atoms in total. The van der Waals surface area contributed by atoms with Gasteiger partial charge in [-0.15, -0.1) is 11.3 Å². The molecule has 6 heteroatoms. The van der Waals surface area contributed by atoms with Gasteiger partial charge in [-0.2, -0.15) is 0 Å². The van der Waals surface area contributed by atoms with Crippen molar-refractivity contribution in [3.05, 3.63) is 52.2 Å².